The molecule has 0 heterocycles. The Morgan fingerprint density at radius 3 is 1.36 bits per heavy atom. The van der Waals surface area contributed by atoms with Crippen LogP contribution in [0.25, 0.3) is 0 Å². The average molecular weight is 790 g/mol. The van der Waals surface area contributed by atoms with E-state index >= 15 is 0 Å². The van der Waals surface area contributed by atoms with Crippen LogP contribution in [0.2, 0.25) is 0 Å². The normalized spacial score (nSPS) is 12.9. The largest absolute Gasteiger partial charge is 0.466 e. The van der Waals surface area contributed by atoms with Crippen molar-refractivity contribution in [2.24, 2.45) is 0 Å². The highest BCUT2D eigenvalue weighted by Gasteiger charge is 2.20. The van der Waals surface area contributed by atoms with E-state index in [2.05, 4.69) is 43.5 Å². The molecule has 56 heavy (non-hydrogen) atoms. The van der Waals surface area contributed by atoms with Crippen LogP contribution in [0.3, 0.4) is 0 Å². The lowest BCUT2D eigenvalue weighted by Gasteiger charge is -2.22. The second-order valence-corrected chi connectivity index (χ2v) is 16.8. The van der Waals surface area contributed by atoms with Crippen molar-refractivity contribution in [3.05, 3.63) is 24.3 Å². The number of hydrogen-bond acceptors (Lipinski definition) is 5. The van der Waals surface area contributed by atoms with Crippen LogP contribution in [0, 0.1) is 0 Å². The zero-order valence-electron chi connectivity index (χ0n) is 37.4. The number of nitrogens with one attached hydrogen (secondary N) is 1. The van der Waals surface area contributed by atoms with E-state index in [-0.39, 0.29) is 18.5 Å². The van der Waals surface area contributed by atoms with Gasteiger partial charge < -0.3 is 20.3 Å². The second kappa shape index (κ2) is 46.0. The number of unbranched alkanes of at least 4 members (excludes halogenated alkanes) is 30. The molecule has 0 saturated heterocycles. The minimum Gasteiger partial charge on any atom is -0.466 e. The highest BCUT2D eigenvalue weighted by atomic mass is 16.5. The zero-order chi connectivity index (χ0) is 40.8. The van der Waals surface area contributed by atoms with Gasteiger partial charge in [-0.05, 0) is 64.2 Å². The van der Waals surface area contributed by atoms with Crippen molar-refractivity contribution >= 4 is 11.9 Å². The summed E-state index contributed by atoms with van der Waals surface area (Å²) in [6, 6.07) is -0.550. The Labute approximate surface area is 348 Å². The van der Waals surface area contributed by atoms with Crippen LogP contribution in [-0.4, -0.2) is 47.4 Å². The molecule has 2 atom stereocenters. The van der Waals surface area contributed by atoms with E-state index in [1.54, 1.807) is 0 Å². The summed E-state index contributed by atoms with van der Waals surface area (Å²) in [5.41, 5.74) is 0. The number of rotatable bonds is 45. The third-order valence-corrected chi connectivity index (χ3v) is 11.3. The predicted octanol–water partition coefficient (Wildman–Crippen LogP) is 14.3. The molecule has 3 N–H and O–H groups in total. The fourth-order valence-corrected chi connectivity index (χ4v) is 7.43. The molecule has 0 rings (SSSR count). The zero-order valence-corrected chi connectivity index (χ0v) is 37.4. The summed E-state index contributed by atoms with van der Waals surface area (Å²) in [6.07, 6.45) is 52.9. The van der Waals surface area contributed by atoms with Crippen LogP contribution in [-0.2, 0) is 14.3 Å². The van der Waals surface area contributed by atoms with Crippen LogP contribution in [0.1, 0.15) is 258 Å². The smallest absolute Gasteiger partial charge is 0.305 e. The van der Waals surface area contributed by atoms with E-state index in [0.29, 0.717) is 25.9 Å². The Morgan fingerprint density at radius 2 is 0.893 bits per heavy atom. The molecule has 2 unspecified atom stereocenters. The highest BCUT2D eigenvalue weighted by molar-refractivity contribution is 5.76. The Balaban J connectivity index is 3.48. The monoisotopic (exact) mass is 790 g/mol. The van der Waals surface area contributed by atoms with Crippen molar-refractivity contribution in [1.29, 1.82) is 0 Å². The van der Waals surface area contributed by atoms with Gasteiger partial charge in [0.2, 0.25) is 5.91 Å². The van der Waals surface area contributed by atoms with Gasteiger partial charge in [-0.2, -0.15) is 0 Å². The molecule has 0 radical (unpaired) electrons. The van der Waals surface area contributed by atoms with E-state index in [1.165, 1.54) is 141 Å². The van der Waals surface area contributed by atoms with Crippen molar-refractivity contribution in [3.63, 3.8) is 0 Å². The van der Waals surface area contributed by atoms with Crippen molar-refractivity contribution in [2.45, 2.75) is 270 Å². The Hall–Kier alpha value is -1.66. The number of ether oxygens (including phenoxy) is 1. The van der Waals surface area contributed by atoms with Gasteiger partial charge >= 0.3 is 5.97 Å². The molecule has 0 bridgehead atoms. The number of aliphatic hydroxyl groups is 2. The van der Waals surface area contributed by atoms with Crippen LogP contribution in [0.15, 0.2) is 24.3 Å². The number of amides is 1. The van der Waals surface area contributed by atoms with Gasteiger partial charge in [-0.25, -0.2) is 0 Å². The maximum absolute atomic E-state index is 12.4. The summed E-state index contributed by atoms with van der Waals surface area (Å²) in [6.45, 7) is 4.88. The minimum atomic E-state index is -0.672. The molecule has 0 aliphatic heterocycles. The van der Waals surface area contributed by atoms with Crippen molar-refractivity contribution in [2.75, 3.05) is 13.2 Å². The van der Waals surface area contributed by atoms with Crippen molar-refractivity contribution in [1.82, 2.24) is 5.32 Å². The van der Waals surface area contributed by atoms with E-state index < -0.39 is 12.1 Å². The van der Waals surface area contributed by atoms with Crippen LogP contribution in [0.4, 0.5) is 0 Å². The van der Waals surface area contributed by atoms with Gasteiger partial charge in [-0.3, -0.25) is 9.59 Å². The molecule has 6 nitrogen and oxygen atoms in total. The van der Waals surface area contributed by atoms with Gasteiger partial charge in [0.1, 0.15) is 0 Å². The fraction of sp³-hybridized carbons (Fsp3) is 0.880. The summed E-state index contributed by atoms with van der Waals surface area (Å²) in [4.78, 5) is 24.3. The minimum absolute atomic E-state index is 0.0146. The summed E-state index contributed by atoms with van der Waals surface area (Å²) >= 11 is 0. The summed E-state index contributed by atoms with van der Waals surface area (Å²) in [5.74, 6) is -0.0687. The number of carbonyl (C=O) groups is 2. The Morgan fingerprint density at radius 1 is 0.500 bits per heavy atom. The molecule has 0 aromatic rings. The number of hydrogen-bond donors (Lipinski definition) is 3. The molecule has 0 aliphatic rings. The van der Waals surface area contributed by atoms with Crippen molar-refractivity contribution in [3.8, 4) is 0 Å². The topological polar surface area (TPSA) is 95.9 Å². The molecular formula is C50H95NO5. The number of allylic oxidation sites excluding steroid dienone is 4. The molecule has 0 aromatic carbocycles. The van der Waals surface area contributed by atoms with Gasteiger partial charge in [-0.1, -0.05) is 205 Å². The second-order valence-electron chi connectivity index (χ2n) is 16.8. The lowest BCUT2D eigenvalue weighted by Crippen LogP contribution is -2.45. The Kier molecular flexibility index (Phi) is 44.7. The quantitative estimate of drug-likeness (QED) is 0.0324. The van der Waals surface area contributed by atoms with E-state index in [1.807, 2.05) is 0 Å². The molecule has 0 aliphatic carbocycles. The van der Waals surface area contributed by atoms with Gasteiger partial charge in [0.05, 0.1) is 25.4 Å². The number of aliphatic hydroxyl groups excluding tert-OH is 2. The highest BCUT2D eigenvalue weighted by Crippen LogP contribution is 2.15. The van der Waals surface area contributed by atoms with Gasteiger partial charge in [0.15, 0.2) is 0 Å². The first-order chi connectivity index (χ1) is 27.5. The standard InChI is InChI=1S/C50H95NO5/c1-3-5-7-9-11-13-14-20-24-28-32-36-40-44-50(55)56-45-41-37-33-29-25-22-19-17-15-16-18-21-23-27-31-35-39-43-49(54)51-47(46-52)48(53)42-38-34-30-26-12-10-8-6-4-2/h15,17,22,25,47-48,52-53H,3-14,16,18-21,23-24,26-46H2,1-2H3,(H,51,54)/b17-15-,25-22-. The molecular weight excluding hydrogens is 695 g/mol. The number of esters is 1. The summed E-state index contributed by atoms with van der Waals surface area (Å²) < 4.78 is 5.44. The lowest BCUT2D eigenvalue weighted by atomic mass is 10.0. The average Bonchev–Trinajstić information content (AvgIpc) is 3.20. The van der Waals surface area contributed by atoms with Crippen LogP contribution < -0.4 is 5.32 Å². The molecule has 0 aromatic heterocycles. The van der Waals surface area contributed by atoms with E-state index in [0.717, 1.165) is 83.5 Å². The Bertz CT molecular complexity index is 874. The molecule has 0 spiro atoms. The maximum atomic E-state index is 12.4. The van der Waals surface area contributed by atoms with Gasteiger partial charge in [0, 0.05) is 12.8 Å². The van der Waals surface area contributed by atoms with Crippen LogP contribution in [0.5, 0.6) is 0 Å². The lowest BCUT2D eigenvalue weighted by molar-refractivity contribution is -0.143. The summed E-state index contributed by atoms with van der Waals surface area (Å²) in [7, 11) is 0. The number of carbonyl (C=O) groups excluding carboxylic acids is 2. The molecule has 6 heteroatoms. The first kappa shape index (κ1) is 54.3. The summed E-state index contributed by atoms with van der Waals surface area (Å²) in [5, 5.41) is 23.0. The predicted molar refractivity (Wildman–Crippen MR) is 241 cm³/mol. The molecule has 0 saturated carbocycles. The maximum Gasteiger partial charge on any atom is 0.305 e. The van der Waals surface area contributed by atoms with Gasteiger partial charge in [-0.15, -0.1) is 0 Å². The van der Waals surface area contributed by atoms with Crippen LogP contribution >= 0.6 is 0 Å². The van der Waals surface area contributed by atoms with E-state index in [4.69, 9.17) is 4.74 Å². The van der Waals surface area contributed by atoms with E-state index in [9.17, 15) is 19.8 Å². The SMILES string of the molecule is CCCCCCCCCCCCCCCC(=O)OCCCCC/C=C\C/C=C\CCCCCCCCCC(=O)NC(CO)C(O)CCCCCCCCCCC. The fourth-order valence-electron chi connectivity index (χ4n) is 7.43. The first-order valence-corrected chi connectivity index (χ1v) is 24.6. The molecule has 330 valence electrons. The molecule has 0 fully saturated rings. The first-order valence-electron chi connectivity index (χ1n) is 24.6. The molecule has 1 amide bonds. The van der Waals surface area contributed by atoms with Crippen molar-refractivity contribution < 1.29 is 24.5 Å². The van der Waals surface area contributed by atoms with Gasteiger partial charge in [0.25, 0.3) is 0 Å². The third kappa shape index (κ3) is 42.0. The third-order valence-electron chi connectivity index (χ3n) is 11.3.